The number of hydrogen-bond acceptors (Lipinski definition) is 8. The zero-order chi connectivity index (χ0) is 23.0. The molecule has 7 atom stereocenters. The molecule has 3 rings (SSSR count). The van der Waals surface area contributed by atoms with Crippen LogP contribution in [0.1, 0.15) is 65.7 Å². The molecule has 1 heterocycles. The molecule has 8 heteroatoms. The van der Waals surface area contributed by atoms with Gasteiger partial charge in [0.05, 0.1) is 5.92 Å². The van der Waals surface area contributed by atoms with Gasteiger partial charge in [-0.1, -0.05) is 52.5 Å². The minimum absolute atomic E-state index is 0.201. The fraction of sp³-hybridized carbons (Fsp3) is 0.783. The Morgan fingerprint density at radius 1 is 1.32 bits per heavy atom. The van der Waals surface area contributed by atoms with Crippen LogP contribution in [0.2, 0.25) is 0 Å². The third kappa shape index (κ3) is 3.94. The largest absolute Gasteiger partial charge is 0.458 e. The lowest BCUT2D eigenvalue weighted by atomic mass is 9.46. The lowest BCUT2D eigenvalue weighted by Crippen LogP contribution is -2.65. The van der Waals surface area contributed by atoms with Crippen LogP contribution in [0.5, 0.6) is 0 Å². The third-order valence-corrected chi connectivity index (χ3v) is 7.43. The van der Waals surface area contributed by atoms with Crippen molar-refractivity contribution in [3.05, 3.63) is 11.6 Å². The van der Waals surface area contributed by atoms with E-state index >= 15 is 0 Å². The summed E-state index contributed by atoms with van der Waals surface area (Å²) < 4.78 is 10.6. The van der Waals surface area contributed by atoms with Gasteiger partial charge in [-0.25, -0.2) is 4.79 Å². The number of unbranched alkanes of at least 4 members (excludes halogenated alkanes) is 3. The van der Waals surface area contributed by atoms with Crippen molar-refractivity contribution in [2.75, 3.05) is 0 Å². The summed E-state index contributed by atoms with van der Waals surface area (Å²) in [5, 5.41) is 31.9. The zero-order valence-electron chi connectivity index (χ0n) is 18.5. The minimum Gasteiger partial charge on any atom is -0.458 e. The Labute approximate surface area is 182 Å². The van der Waals surface area contributed by atoms with Crippen LogP contribution in [0.25, 0.3) is 0 Å². The Morgan fingerprint density at radius 3 is 2.68 bits per heavy atom. The second-order valence-corrected chi connectivity index (χ2v) is 9.79. The quantitative estimate of drug-likeness (QED) is 0.296. The first-order chi connectivity index (χ1) is 14.6. The molecule has 2 fully saturated rings. The second-order valence-electron chi connectivity index (χ2n) is 9.79. The van der Waals surface area contributed by atoms with Gasteiger partial charge in [0, 0.05) is 0 Å². The van der Waals surface area contributed by atoms with Gasteiger partial charge in [-0.05, 0) is 36.2 Å². The average Bonchev–Trinajstić information content (AvgIpc) is 2.99. The number of aliphatic hydroxyl groups is 3. The van der Waals surface area contributed by atoms with Gasteiger partial charge in [0.1, 0.15) is 23.9 Å². The normalized spacial score (nSPS) is 37.2. The smallest absolute Gasteiger partial charge is 0.335 e. The summed E-state index contributed by atoms with van der Waals surface area (Å²) in [5.74, 6) is -3.08. The predicted octanol–water partition coefficient (Wildman–Crippen LogP) is 1.64. The highest BCUT2D eigenvalue weighted by Crippen LogP contribution is 2.63. The molecule has 0 aromatic carbocycles. The van der Waals surface area contributed by atoms with E-state index < -0.39 is 59.2 Å². The molecule has 0 amide bonds. The molecule has 2 unspecified atom stereocenters. The number of aldehydes is 1. The number of carbonyl (C=O) groups is 3. The van der Waals surface area contributed by atoms with Gasteiger partial charge in [0.15, 0.2) is 6.10 Å². The molecule has 31 heavy (non-hydrogen) atoms. The third-order valence-electron chi connectivity index (χ3n) is 7.43. The first-order valence-corrected chi connectivity index (χ1v) is 11.2. The Hall–Kier alpha value is -1.77. The Bertz CT molecular complexity index is 744. The van der Waals surface area contributed by atoms with Crippen molar-refractivity contribution in [3.8, 4) is 0 Å². The Balaban J connectivity index is 1.86. The van der Waals surface area contributed by atoms with Gasteiger partial charge in [-0.2, -0.15) is 0 Å². The van der Waals surface area contributed by atoms with Crippen LogP contribution in [-0.4, -0.2) is 58.1 Å². The average molecular weight is 439 g/mol. The topological polar surface area (TPSA) is 130 Å². The standard InChI is InChI=1S/C23H34O8/c1-4-5-6-7-8-14(25)19(27)30-15-11-22(2,3)16-10-9-13(12-24)17-20(28)31-21(29)23(16,17)18(15)26/h9,12,14-18,20,25-26,28H,4-8,10-11H2,1-3H3/t14?,15-,16-,17?,18-,20-,23+/m0/s1. The molecule has 0 aromatic heterocycles. The van der Waals surface area contributed by atoms with Crippen molar-refractivity contribution in [2.24, 2.45) is 22.7 Å². The summed E-state index contributed by atoms with van der Waals surface area (Å²) in [6.07, 6.45) is 1.37. The van der Waals surface area contributed by atoms with Crippen LogP contribution in [0, 0.1) is 22.7 Å². The number of esters is 2. The van der Waals surface area contributed by atoms with E-state index in [0.717, 1.165) is 19.3 Å². The zero-order valence-corrected chi connectivity index (χ0v) is 18.5. The van der Waals surface area contributed by atoms with Crippen molar-refractivity contribution in [1.82, 2.24) is 0 Å². The number of allylic oxidation sites excluding steroid dienone is 1. The number of carbonyl (C=O) groups excluding carboxylic acids is 3. The van der Waals surface area contributed by atoms with Gasteiger partial charge >= 0.3 is 11.9 Å². The molecular weight excluding hydrogens is 404 g/mol. The van der Waals surface area contributed by atoms with Crippen molar-refractivity contribution in [2.45, 2.75) is 90.3 Å². The summed E-state index contributed by atoms with van der Waals surface area (Å²) in [7, 11) is 0. The monoisotopic (exact) mass is 438 g/mol. The molecule has 1 saturated heterocycles. The molecule has 0 radical (unpaired) electrons. The van der Waals surface area contributed by atoms with Gasteiger partial charge < -0.3 is 24.8 Å². The second kappa shape index (κ2) is 9.00. The maximum absolute atomic E-state index is 13.0. The van der Waals surface area contributed by atoms with E-state index in [9.17, 15) is 29.7 Å². The number of cyclic esters (lactones) is 1. The highest BCUT2D eigenvalue weighted by Gasteiger charge is 2.73. The highest BCUT2D eigenvalue weighted by molar-refractivity contribution is 5.87. The minimum atomic E-state index is -1.59. The van der Waals surface area contributed by atoms with E-state index in [1.54, 1.807) is 6.08 Å². The van der Waals surface area contributed by atoms with Crippen LogP contribution in [0.3, 0.4) is 0 Å². The summed E-state index contributed by atoms with van der Waals surface area (Å²) in [6.45, 7) is 5.88. The SMILES string of the molecule is CCCCCCC(O)C(=O)O[C@H]1CC(C)(C)[C@@H]2CC=C(C=O)C3[C@@H](O)OC(=O)[C@@]32[C@H]1O. The molecule has 1 saturated carbocycles. The Kier molecular flexibility index (Phi) is 6.93. The number of hydrogen-bond donors (Lipinski definition) is 3. The summed E-state index contributed by atoms with van der Waals surface area (Å²) in [6, 6.07) is 0. The summed E-state index contributed by atoms with van der Waals surface area (Å²) >= 11 is 0. The fourth-order valence-electron chi connectivity index (χ4n) is 5.91. The lowest BCUT2D eigenvalue weighted by molar-refractivity contribution is -0.211. The van der Waals surface area contributed by atoms with Gasteiger partial charge in [-0.15, -0.1) is 0 Å². The van der Waals surface area contributed by atoms with E-state index in [1.807, 2.05) is 13.8 Å². The molecule has 3 N–H and O–H groups in total. The van der Waals surface area contributed by atoms with Crippen molar-refractivity contribution in [3.63, 3.8) is 0 Å². The fourth-order valence-corrected chi connectivity index (χ4v) is 5.91. The molecule has 0 aromatic rings. The van der Waals surface area contributed by atoms with Crippen molar-refractivity contribution in [1.29, 1.82) is 0 Å². The molecule has 8 nitrogen and oxygen atoms in total. The highest BCUT2D eigenvalue weighted by atomic mass is 16.6. The molecule has 174 valence electrons. The molecule has 1 spiro atoms. The maximum atomic E-state index is 13.0. The van der Waals surface area contributed by atoms with Gasteiger partial charge in [0.25, 0.3) is 0 Å². The number of rotatable bonds is 8. The van der Waals surface area contributed by atoms with Gasteiger partial charge in [-0.3, -0.25) is 9.59 Å². The predicted molar refractivity (Wildman–Crippen MR) is 109 cm³/mol. The van der Waals surface area contributed by atoms with Crippen LogP contribution in [0.4, 0.5) is 0 Å². The van der Waals surface area contributed by atoms with Crippen molar-refractivity contribution < 1.29 is 39.2 Å². The maximum Gasteiger partial charge on any atom is 0.335 e. The molecule has 1 aliphatic heterocycles. The summed E-state index contributed by atoms with van der Waals surface area (Å²) in [4.78, 5) is 37.2. The first-order valence-electron chi connectivity index (χ1n) is 11.2. The van der Waals surface area contributed by atoms with E-state index in [0.29, 0.717) is 19.1 Å². The van der Waals surface area contributed by atoms with E-state index in [4.69, 9.17) is 9.47 Å². The Morgan fingerprint density at radius 2 is 2.03 bits per heavy atom. The summed E-state index contributed by atoms with van der Waals surface area (Å²) in [5.41, 5.74) is -1.96. The van der Waals surface area contributed by atoms with Crippen LogP contribution >= 0.6 is 0 Å². The first kappa shape index (κ1) is 23.9. The van der Waals surface area contributed by atoms with E-state index in [2.05, 4.69) is 6.92 Å². The number of aliphatic hydroxyl groups excluding tert-OH is 3. The molecule has 3 aliphatic rings. The lowest BCUT2D eigenvalue weighted by Gasteiger charge is -2.56. The van der Waals surface area contributed by atoms with E-state index in [1.165, 1.54) is 0 Å². The van der Waals surface area contributed by atoms with Crippen molar-refractivity contribution >= 4 is 18.2 Å². The van der Waals surface area contributed by atoms with Crippen LogP contribution < -0.4 is 0 Å². The molecular formula is C23H34O8. The molecule has 0 bridgehead atoms. The van der Waals surface area contributed by atoms with E-state index in [-0.39, 0.29) is 18.4 Å². The van der Waals surface area contributed by atoms with Crippen LogP contribution in [-0.2, 0) is 23.9 Å². The van der Waals surface area contributed by atoms with Gasteiger partial charge in [0.2, 0.25) is 6.29 Å². The van der Waals surface area contributed by atoms with Crippen LogP contribution in [0.15, 0.2) is 11.6 Å². The number of ether oxygens (including phenoxy) is 2. The molecule has 2 aliphatic carbocycles.